The normalized spacial score (nSPS) is 12.5. The summed E-state index contributed by atoms with van der Waals surface area (Å²) in [4.78, 5) is 58.8. The predicted octanol–water partition coefficient (Wildman–Crippen LogP) is 5.53. The number of pyridine rings is 1. The minimum Gasteiger partial charge on any atom is -0.507 e. The highest BCUT2D eigenvalue weighted by atomic mass is 79.9. The summed E-state index contributed by atoms with van der Waals surface area (Å²) in [5, 5.41) is 13.3. The third-order valence-corrected chi connectivity index (χ3v) is 8.55. The van der Waals surface area contributed by atoms with Crippen LogP contribution in [0, 0.1) is 25.5 Å². The van der Waals surface area contributed by atoms with Gasteiger partial charge in [0.25, 0.3) is 5.56 Å². The van der Waals surface area contributed by atoms with Gasteiger partial charge in [-0.05, 0) is 79.9 Å². The fourth-order valence-electron chi connectivity index (χ4n) is 5.76. The summed E-state index contributed by atoms with van der Waals surface area (Å²) < 4.78 is 38.8. The summed E-state index contributed by atoms with van der Waals surface area (Å²) in [6, 6.07) is 9.59. The second-order valence-corrected chi connectivity index (χ2v) is 12.1. The van der Waals surface area contributed by atoms with Crippen LogP contribution in [0.2, 0.25) is 0 Å². The number of rotatable bonds is 9. The number of nitrogens with one attached hydrogen (secondary N) is 1. The molecule has 10 nitrogen and oxygen atoms in total. The van der Waals surface area contributed by atoms with Crippen LogP contribution in [-0.2, 0) is 21.4 Å². The monoisotopic (exact) mass is 720 g/mol. The first-order chi connectivity index (χ1) is 22.8. The Bertz CT molecular complexity index is 2180. The van der Waals surface area contributed by atoms with Crippen LogP contribution in [0.4, 0.5) is 8.78 Å². The van der Waals surface area contributed by atoms with E-state index in [4.69, 9.17) is 4.74 Å². The number of fused-ring (bicyclic) bond motifs is 1. The molecule has 248 valence electrons. The van der Waals surface area contributed by atoms with E-state index in [9.17, 15) is 24.3 Å². The van der Waals surface area contributed by atoms with E-state index in [1.807, 2.05) is 0 Å². The predicted molar refractivity (Wildman–Crippen MR) is 179 cm³/mol. The molecule has 0 fully saturated rings. The molecule has 1 amide bonds. The first kappa shape index (κ1) is 34.2. The van der Waals surface area contributed by atoms with Crippen molar-refractivity contribution < 1.29 is 28.2 Å². The van der Waals surface area contributed by atoms with Crippen LogP contribution in [0.3, 0.4) is 0 Å². The molecule has 2 atom stereocenters. The number of ether oxygens (including phenoxy) is 1. The van der Waals surface area contributed by atoms with Gasteiger partial charge in [-0.15, -0.1) is 0 Å². The Kier molecular flexibility index (Phi) is 9.90. The maximum atomic E-state index is 16.0. The molecule has 2 aromatic heterocycles. The van der Waals surface area contributed by atoms with Crippen LogP contribution < -0.4 is 16.6 Å². The second kappa shape index (κ2) is 13.9. The largest absolute Gasteiger partial charge is 0.507 e. The quantitative estimate of drug-likeness (QED) is 0.192. The van der Waals surface area contributed by atoms with Gasteiger partial charge in [0.1, 0.15) is 23.4 Å². The molecule has 0 saturated heterocycles. The number of halogens is 3. The van der Waals surface area contributed by atoms with E-state index in [1.54, 1.807) is 26.0 Å². The highest BCUT2D eigenvalue weighted by Crippen LogP contribution is 2.36. The van der Waals surface area contributed by atoms with Crippen molar-refractivity contribution >= 4 is 38.7 Å². The first-order valence-electron chi connectivity index (χ1n) is 14.9. The lowest BCUT2D eigenvalue weighted by Gasteiger charge is -2.26. The number of esters is 1. The minimum absolute atomic E-state index is 0.00138. The molecule has 0 aliphatic rings. The van der Waals surface area contributed by atoms with Crippen molar-refractivity contribution in [3.8, 4) is 16.9 Å². The SMILES string of the molecule is CCOC(=O)C[C@H](NC(=O)C(c1cc(Br)ccc1F)n1c(=O)c2ccncc2n(C)c1=O)c1cc(-c2c(C)cccc2O)cc(C)c1F. The van der Waals surface area contributed by atoms with Crippen LogP contribution in [0.25, 0.3) is 22.0 Å². The molecule has 1 unspecified atom stereocenters. The lowest BCUT2D eigenvalue weighted by atomic mass is 9.92. The number of aromatic nitrogens is 3. The van der Waals surface area contributed by atoms with E-state index in [1.165, 1.54) is 62.8 Å². The van der Waals surface area contributed by atoms with E-state index in [2.05, 4.69) is 26.2 Å². The average molecular weight is 722 g/mol. The molecular formula is C35H31BrF2N4O6. The summed E-state index contributed by atoms with van der Waals surface area (Å²) in [5.41, 5.74) is -0.459. The standard InChI is InChI=1S/C35H31BrF2N4O6/c1-5-48-29(44)16-26(24-14-20(13-19(3)31(24)38)30-18(2)7-6-8-28(30)43)40-33(45)32(23-15-21(36)9-10-25(23)37)42-34(46)22-11-12-39-17-27(22)41(4)35(42)47/h6-15,17,26,32,43H,5,16H2,1-4H3,(H,40,45)/t26-,32?/m0/s1. The van der Waals surface area contributed by atoms with E-state index in [0.717, 1.165) is 10.6 Å². The molecule has 0 saturated carbocycles. The maximum absolute atomic E-state index is 16.0. The molecule has 5 rings (SSSR count). The molecule has 2 N–H and O–H groups in total. The topological polar surface area (TPSA) is 133 Å². The van der Waals surface area contributed by atoms with Crippen molar-refractivity contribution in [1.29, 1.82) is 0 Å². The van der Waals surface area contributed by atoms with Crippen LogP contribution in [0.15, 0.2) is 81.1 Å². The third kappa shape index (κ3) is 6.50. The number of hydrogen-bond acceptors (Lipinski definition) is 7. The van der Waals surface area contributed by atoms with E-state index in [0.29, 0.717) is 25.7 Å². The van der Waals surface area contributed by atoms with Gasteiger partial charge in [-0.1, -0.05) is 28.1 Å². The Morgan fingerprint density at radius 3 is 2.50 bits per heavy atom. The van der Waals surface area contributed by atoms with E-state index >= 15 is 8.78 Å². The third-order valence-electron chi connectivity index (χ3n) is 8.05. The number of phenolic OH excluding ortho intramolecular Hbond substituents is 1. The second-order valence-electron chi connectivity index (χ2n) is 11.2. The van der Waals surface area contributed by atoms with E-state index < -0.39 is 53.3 Å². The molecular weight excluding hydrogens is 690 g/mol. The smallest absolute Gasteiger partial charge is 0.332 e. The summed E-state index contributed by atoms with van der Waals surface area (Å²) in [7, 11) is 1.38. The Labute approximate surface area is 281 Å². The van der Waals surface area contributed by atoms with Gasteiger partial charge >= 0.3 is 11.7 Å². The minimum atomic E-state index is -1.90. The molecule has 0 aliphatic carbocycles. The number of nitrogens with zero attached hydrogens (tertiary/aromatic N) is 3. The van der Waals surface area contributed by atoms with Crippen LogP contribution in [0.1, 0.15) is 47.7 Å². The summed E-state index contributed by atoms with van der Waals surface area (Å²) in [6.45, 7) is 4.84. The average Bonchev–Trinajstić information content (AvgIpc) is 3.04. The molecule has 0 spiro atoms. The molecule has 13 heteroatoms. The van der Waals surface area contributed by atoms with Gasteiger partial charge < -0.3 is 15.2 Å². The summed E-state index contributed by atoms with van der Waals surface area (Å²) in [6.07, 6.45) is 2.10. The summed E-state index contributed by atoms with van der Waals surface area (Å²) in [5.74, 6) is -3.57. The zero-order chi connectivity index (χ0) is 34.9. The number of aryl methyl sites for hydroxylation is 3. The van der Waals surface area contributed by atoms with Gasteiger partial charge in [0, 0.05) is 34.4 Å². The van der Waals surface area contributed by atoms with Crippen LogP contribution in [0.5, 0.6) is 5.75 Å². The van der Waals surface area contributed by atoms with Crippen molar-refractivity contribution in [3.05, 3.63) is 126 Å². The highest BCUT2D eigenvalue weighted by molar-refractivity contribution is 9.10. The Balaban J connectivity index is 1.72. The molecule has 3 aromatic carbocycles. The van der Waals surface area contributed by atoms with Gasteiger partial charge in [0.2, 0.25) is 5.91 Å². The van der Waals surface area contributed by atoms with Crippen LogP contribution >= 0.6 is 15.9 Å². The van der Waals surface area contributed by atoms with Crippen molar-refractivity contribution in [3.63, 3.8) is 0 Å². The molecule has 0 bridgehead atoms. The van der Waals surface area contributed by atoms with Crippen molar-refractivity contribution in [2.45, 2.75) is 39.3 Å². The number of carbonyl (C=O) groups excluding carboxylic acids is 2. The molecule has 2 heterocycles. The zero-order valence-corrected chi connectivity index (χ0v) is 28.0. The number of benzene rings is 3. The van der Waals surface area contributed by atoms with Gasteiger partial charge in [-0.3, -0.25) is 23.9 Å². The van der Waals surface area contributed by atoms with Crippen molar-refractivity contribution in [1.82, 2.24) is 19.4 Å². The Hall–Kier alpha value is -5.17. The number of amides is 1. The number of carbonyl (C=O) groups is 2. The lowest BCUT2D eigenvalue weighted by Crippen LogP contribution is -2.48. The Morgan fingerprint density at radius 1 is 1.04 bits per heavy atom. The number of aromatic hydroxyl groups is 1. The summed E-state index contributed by atoms with van der Waals surface area (Å²) >= 11 is 3.27. The fourth-order valence-corrected chi connectivity index (χ4v) is 6.14. The number of phenols is 1. The van der Waals surface area contributed by atoms with Gasteiger partial charge in [-0.25, -0.2) is 18.1 Å². The lowest BCUT2D eigenvalue weighted by molar-refractivity contribution is -0.143. The molecule has 0 radical (unpaired) electrons. The highest BCUT2D eigenvalue weighted by Gasteiger charge is 2.34. The van der Waals surface area contributed by atoms with E-state index in [-0.39, 0.29) is 39.9 Å². The zero-order valence-electron chi connectivity index (χ0n) is 26.4. The number of hydrogen-bond donors (Lipinski definition) is 2. The van der Waals surface area contributed by atoms with Crippen LogP contribution in [-0.4, -0.2) is 37.7 Å². The fraction of sp³-hybridized carbons (Fsp3) is 0.229. The first-order valence-corrected chi connectivity index (χ1v) is 15.7. The van der Waals surface area contributed by atoms with Gasteiger partial charge in [0.15, 0.2) is 0 Å². The maximum Gasteiger partial charge on any atom is 0.332 e. The Morgan fingerprint density at radius 2 is 1.79 bits per heavy atom. The molecule has 5 aromatic rings. The van der Waals surface area contributed by atoms with Crippen molar-refractivity contribution in [2.75, 3.05) is 6.61 Å². The van der Waals surface area contributed by atoms with Crippen molar-refractivity contribution in [2.24, 2.45) is 7.05 Å². The molecule has 48 heavy (non-hydrogen) atoms. The van der Waals surface area contributed by atoms with Gasteiger partial charge in [-0.2, -0.15) is 0 Å². The van der Waals surface area contributed by atoms with Gasteiger partial charge in [0.05, 0.1) is 36.2 Å². The molecule has 0 aliphatic heterocycles.